The molecule has 0 bridgehead atoms. The molecule has 182 valence electrons. The van der Waals surface area contributed by atoms with E-state index < -0.39 is 11.6 Å². The second-order valence-electron chi connectivity index (χ2n) is 10.4. The van der Waals surface area contributed by atoms with Crippen molar-refractivity contribution in [2.45, 2.75) is 77.3 Å². The quantitative estimate of drug-likeness (QED) is 0.437. The highest BCUT2D eigenvalue weighted by Crippen LogP contribution is 2.48. The number of ether oxygens (including phenoxy) is 1. The fourth-order valence-corrected chi connectivity index (χ4v) is 6.17. The van der Waals surface area contributed by atoms with Crippen molar-refractivity contribution in [1.29, 1.82) is 0 Å². The summed E-state index contributed by atoms with van der Waals surface area (Å²) in [5.74, 6) is -0.936. The molecule has 3 aliphatic rings. The molecule has 0 amide bonds. The lowest BCUT2D eigenvalue weighted by atomic mass is 9.78. The van der Waals surface area contributed by atoms with Gasteiger partial charge in [0.25, 0.3) is 5.56 Å². The average Bonchev–Trinajstić information content (AvgIpc) is 3.17. The van der Waals surface area contributed by atoms with Gasteiger partial charge in [-0.25, -0.2) is 14.2 Å². The topological polar surface area (TPSA) is 93.5 Å². The molecule has 6 rings (SSSR count). The molecular weight excluding hydrogens is 449 g/mol. The van der Waals surface area contributed by atoms with Crippen molar-refractivity contribution < 1.29 is 19.0 Å². The standard InChI is InChI=1S/C27H28FN3O4/c1-5-27(34)18-9-21-24-16(10-31(21)25(32)17(18)11-35-26(27)33)23-19(29-12(2)3)6-13(4)15-7-14(28)8-20(30-24)22(15)23/h7-9,12-13,19,29,34H,5-6,10-11H2,1-4H3/t13?,19-,27-/m0/s1. The van der Waals surface area contributed by atoms with E-state index in [0.29, 0.717) is 29.0 Å². The molecule has 35 heavy (non-hydrogen) atoms. The fraction of sp³-hybridized carbons (Fsp3) is 0.444. The maximum absolute atomic E-state index is 14.7. The monoisotopic (exact) mass is 477 g/mol. The van der Waals surface area contributed by atoms with Crippen LogP contribution < -0.4 is 10.9 Å². The van der Waals surface area contributed by atoms with E-state index in [0.717, 1.165) is 28.5 Å². The molecular formula is C27H28FN3O4. The minimum Gasteiger partial charge on any atom is -0.458 e. The van der Waals surface area contributed by atoms with Crippen molar-refractivity contribution >= 4 is 16.9 Å². The van der Waals surface area contributed by atoms with Crippen LogP contribution in [0.15, 0.2) is 23.0 Å². The summed E-state index contributed by atoms with van der Waals surface area (Å²) in [4.78, 5) is 30.9. The smallest absolute Gasteiger partial charge is 0.343 e. The van der Waals surface area contributed by atoms with E-state index in [-0.39, 0.29) is 48.0 Å². The van der Waals surface area contributed by atoms with Crippen LogP contribution in [0.3, 0.4) is 0 Å². The minimum absolute atomic E-state index is 0.0272. The predicted octanol–water partition coefficient (Wildman–Crippen LogP) is 3.77. The van der Waals surface area contributed by atoms with Gasteiger partial charge in [0.1, 0.15) is 12.4 Å². The zero-order chi connectivity index (χ0) is 24.8. The largest absolute Gasteiger partial charge is 0.458 e. The van der Waals surface area contributed by atoms with Crippen molar-refractivity contribution in [3.63, 3.8) is 0 Å². The van der Waals surface area contributed by atoms with Crippen LogP contribution in [-0.2, 0) is 28.3 Å². The van der Waals surface area contributed by atoms with Gasteiger partial charge in [-0.15, -0.1) is 0 Å². The Bertz CT molecular complexity index is 1490. The Morgan fingerprint density at radius 3 is 2.77 bits per heavy atom. The average molecular weight is 478 g/mol. The normalized spacial score (nSPS) is 24.4. The number of esters is 1. The Morgan fingerprint density at radius 1 is 1.29 bits per heavy atom. The van der Waals surface area contributed by atoms with Crippen molar-refractivity contribution in [3.8, 4) is 11.4 Å². The lowest BCUT2D eigenvalue weighted by Crippen LogP contribution is -2.44. The maximum Gasteiger partial charge on any atom is 0.343 e. The van der Waals surface area contributed by atoms with Crippen LogP contribution in [0.2, 0.25) is 0 Å². The van der Waals surface area contributed by atoms with E-state index in [1.165, 1.54) is 6.07 Å². The molecule has 0 fully saturated rings. The molecule has 2 aliphatic heterocycles. The molecule has 8 heteroatoms. The molecule has 1 aliphatic carbocycles. The first-order valence-electron chi connectivity index (χ1n) is 12.2. The van der Waals surface area contributed by atoms with Gasteiger partial charge in [0, 0.05) is 34.7 Å². The SMILES string of the molecule is CC[C@@]1(O)C(=O)OCc2c1cc1n(c2=O)Cc2c-1nc1cc(F)cc3c1c2[C@@H](NC(C)C)CC3C. The second-order valence-corrected chi connectivity index (χ2v) is 10.4. The molecule has 1 aromatic carbocycles. The maximum atomic E-state index is 14.7. The summed E-state index contributed by atoms with van der Waals surface area (Å²) in [6, 6.07) is 5.02. The Kier molecular flexibility index (Phi) is 4.76. The zero-order valence-corrected chi connectivity index (χ0v) is 20.2. The van der Waals surface area contributed by atoms with Crippen LogP contribution >= 0.6 is 0 Å². The summed E-state index contributed by atoms with van der Waals surface area (Å²) in [5, 5.41) is 15.7. The minimum atomic E-state index is -1.88. The number of nitrogens with zero attached hydrogens (tertiary/aromatic N) is 2. The molecule has 2 aromatic heterocycles. The van der Waals surface area contributed by atoms with Crippen molar-refractivity contribution in [1.82, 2.24) is 14.9 Å². The summed E-state index contributed by atoms with van der Waals surface area (Å²) in [6.07, 6.45) is 0.887. The number of carbonyl (C=O) groups excluding carboxylic acids is 1. The molecule has 3 atom stereocenters. The number of aliphatic hydroxyl groups is 1. The second kappa shape index (κ2) is 7.45. The highest BCUT2D eigenvalue weighted by molar-refractivity contribution is 5.93. The number of fused-ring (bicyclic) bond motifs is 5. The van der Waals surface area contributed by atoms with E-state index in [1.807, 2.05) is 0 Å². The summed E-state index contributed by atoms with van der Waals surface area (Å²) in [5.41, 5.74) is 3.02. The molecule has 0 saturated heterocycles. The Balaban J connectivity index is 1.67. The number of benzene rings is 1. The first-order valence-corrected chi connectivity index (χ1v) is 12.2. The molecule has 2 N–H and O–H groups in total. The number of hydrogen-bond acceptors (Lipinski definition) is 6. The highest BCUT2D eigenvalue weighted by atomic mass is 19.1. The number of hydrogen-bond donors (Lipinski definition) is 2. The molecule has 3 aromatic rings. The fourth-order valence-electron chi connectivity index (χ4n) is 6.17. The van der Waals surface area contributed by atoms with Gasteiger partial charge in [-0.1, -0.05) is 27.7 Å². The van der Waals surface area contributed by atoms with Gasteiger partial charge in [0.05, 0.1) is 29.0 Å². The van der Waals surface area contributed by atoms with E-state index in [2.05, 4.69) is 26.1 Å². The van der Waals surface area contributed by atoms with Crippen LogP contribution in [0.5, 0.6) is 0 Å². The number of nitrogens with one attached hydrogen (secondary N) is 1. The number of cyclic esters (lactones) is 1. The van der Waals surface area contributed by atoms with Crippen molar-refractivity contribution in [2.24, 2.45) is 0 Å². The highest BCUT2D eigenvalue weighted by Gasteiger charge is 2.46. The summed E-state index contributed by atoms with van der Waals surface area (Å²) in [7, 11) is 0. The Hall–Kier alpha value is -3.10. The Labute approximate surface area is 201 Å². The first kappa shape index (κ1) is 22.4. The van der Waals surface area contributed by atoms with Gasteiger partial charge < -0.3 is 19.7 Å². The van der Waals surface area contributed by atoms with E-state index >= 15 is 0 Å². The lowest BCUT2D eigenvalue weighted by molar-refractivity contribution is -0.172. The number of carbonyl (C=O) groups is 1. The van der Waals surface area contributed by atoms with Gasteiger partial charge in [-0.2, -0.15) is 0 Å². The predicted molar refractivity (Wildman–Crippen MR) is 129 cm³/mol. The van der Waals surface area contributed by atoms with Crippen LogP contribution in [0.1, 0.15) is 80.3 Å². The van der Waals surface area contributed by atoms with Crippen LogP contribution in [0.4, 0.5) is 4.39 Å². The molecule has 0 spiro atoms. The molecule has 7 nitrogen and oxygen atoms in total. The zero-order valence-electron chi connectivity index (χ0n) is 20.2. The third kappa shape index (κ3) is 2.99. The van der Waals surface area contributed by atoms with E-state index in [4.69, 9.17) is 9.72 Å². The lowest BCUT2D eigenvalue weighted by Gasteiger charge is -2.33. The summed E-state index contributed by atoms with van der Waals surface area (Å²) >= 11 is 0. The summed E-state index contributed by atoms with van der Waals surface area (Å²) < 4.78 is 21.5. The van der Waals surface area contributed by atoms with Gasteiger partial charge in [-0.3, -0.25) is 4.79 Å². The van der Waals surface area contributed by atoms with Gasteiger partial charge in [-0.05, 0) is 42.0 Å². The first-order chi connectivity index (χ1) is 16.6. The van der Waals surface area contributed by atoms with E-state index in [1.54, 1.807) is 23.6 Å². The number of pyridine rings is 2. The number of rotatable bonds is 3. The molecule has 4 heterocycles. The molecule has 0 saturated carbocycles. The summed E-state index contributed by atoms with van der Waals surface area (Å²) in [6.45, 7) is 8.14. The third-order valence-electron chi connectivity index (χ3n) is 7.83. The number of aromatic nitrogens is 2. The van der Waals surface area contributed by atoms with Crippen LogP contribution in [-0.4, -0.2) is 26.7 Å². The van der Waals surface area contributed by atoms with Crippen LogP contribution in [0, 0.1) is 5.82 Å². The van der Waals surface area contributed by atoms with Gasteiger partial charge in [0.2, 0.25) is 0 Å². The van der Waals surface area contributed by atoms with Crippen molar-refractivity contribution in [2.75, 3.05) is 0 Å². The number of halogens is 1. The van der Waals surface area contributed by atoms with Gasteiger partial charge in [0.15, 0.2) is 5.60 Å². The van der Waals surface area contributed by atoms with Crippen LogP contribution in [0.25, 0.3) is 22.3 Å². The van der Waals surface area contributed by atoms with Gasteiger partial charge >= 0.3 is 5.97 Å². The third-order valence-corrected chi connectivity index (χ3v) is 7.83. The molecule has 0 radical (unpaired) electrons. The van der Waals surface area contributed by atoms with Crippen molar-refractivity contribution in [3.05, 3.63) is 62.2 Å². The Morgan fingerprint density at radius 2 is 2.06 bits per heavy atom. The van der Waals surface area contributed by atoms with E-state index in [9.17, 15) is 19.1 Å². The molecule has 1 unspecified atom stereocenters.